The number of carbonyl (C=O) groups is 1. The molecular formula is C14H20ClN3O. The lowest BCUT2D eigenvalue weighted by atomic mass is 9.87. The highest BCUT2D eigenvalue weighted by Crippen LogP contribution is 2.23. The van der Waals surface area contributed by atoms with Gasteiger partial charge in [-0.1, -0.05) is 24.6 Å². The van der Waals surface area contributed by atoms with Crippen LogP contribution in [0.5, 0.6) is 0 Å². The lowest BCUT2D eigenvalue weighted by Gasteiger charge is -2.36. The zero-order chi connectivity index (χ0) is 13.8. The maximum atomic E-state index is 12.2. The number of anilines is 1. The first-order chi connectivity index (χ1) is 9.10. The SMILES string of the molecule is CC1CCN(C(=O)Nc2cccc(Cl)c2)CC1CN. The summed E-state index contributed by atoms with van der Waals surface area (Å²) >= 11 is 5.90. The Morgan fingerprint density at radius 1 is 1.58 bits per heavy atom. The van der Waals surface area contributed by atoms with Crippen LogP contribution in [0.3, 0.4) is 0 Å². The van der Waals surface area contributed by atoms with Crippen LogP contribution in [0.15, 0.2) is 24.3 Å². The molecule has 0 spiro atoms. The summed E-state index contributed by atoms with van der Waals surface area (Å²) in [4.78, 5) is 14.0. The standard InChI is InChI=1S/C14H20ClN3O/c1-10-5-6-18(9-11(10)8-16)14(19)17-13-4-2-3-12(15)7-13/h2-4,7,10-11H,5-6,8-9,16H2,1H3,(H,17,19). The quantitative estimate of drug-likeness (QED) is 0.876. The molecule has 2 unspecified atom stereocenters. The third kappa shape index (κ3) is 3.61. The zero-order valence-corrected chi connectivity index (χ0v) is 11.9. The summed E-state index contributed by atoms with van der Waals surface area (Å²) in [6.45, 7) is 4.33. The van der Waals surface area contributed by atoms with Gasteiger partial charge in [0.15, 0.2) is 0 Å². The molecule has 1 fully saturated rings. The van der Waals surface area contributed by atoms with Gasteiger partial charge in [0.05, 0.1) is 0 Å². The Bertz CT molecular complexity index is 452. The number of amides is 2. The second kappa shape index (κ2) is 6.26. The van der Waals surface area contributed by atoms with Gasteiger partial charge < -0.3 is 16.0 Å². The molecule has 104 valence electrons. The molecule has 1 aromatic carbocycles. The molecule has 1 saturated heterocycles. The second-order valence-corrected chi connectivity index (χ2v) is 5.58. The van der Waals surface area contributed by atoms with Crippen LogP contribution in [0.1, 0.15) is 13.3 Å². The summed E-state index contributed by atoms with van der Waals surface area (Å²) in [7, 11) is 0. The van der Waals surface area contributed by atoms with Gasteiger partial charge in [-0.3, -0.25) is 0 Å². The molecule has 3 N–H and O–H groups in total. The fourth-order valence-corrected chi connectivity index (χ4v) is 2.60. The van der Waals surface area contributed by atoms with Gasteiger partial charge in [-0.15, -0.1) is 0 Å². The van der Waals surface area contributed by atoms with Crippen LogP contribution in [0, 0.1) is 11.8 Å². The number of likely N-dealkylation sites (tertiary alicyclic amines) is 1. The van der Waals surface area contributed by atoms with Gasteiger partial charge in [0.2, 0.25) is 0 Å². The number of urea groups is 1. The van der Waals surface area contributed by atoms with Crippen molar-refractivity contribution >= 4 is 23.3 Å². The molecule has 19 heavy (non-hydrogen) atoms. The number of piperidine rings is 1. The van der Waals surface area contributed by atoms with Crippen molar-refractivity contribution in [3.8, 4) is 0 Å². The van der Waals surface area contributed by atoms with E-state index in [9.17, 15) is 4.79 Å². The van der Waals surface area contributed by atoms with Crippen LogP contribution in [0.25, 0.3) is 0 Å². The normalized spacial score (nSPS) is 23.2. The molecule has 1 aliphatic heterocycles. The summed E-state index contributed by atoms with van der Waals surface area (Å²) in [6.07, 6.45) is 1.00. The Morgan fingerprint density at radius 3 is 3.05 bits per heavy atom. The maximum Gasteiger partial charge on any atom is 0.321 e. The number of rotatable bonds is 2. The van der Waals surface area contributed by atoms with E-state index in [2.05, 4.69) is 12.2 Å². The molecule has 0 aromatic heterocycles. The van der Waals surface area contributed by atoms with Gasteiger partial charge >= 0.3 is 6.03 Å². The van der Waals surface area contributed by atoms with E-state index in [1.165, 1.54) is 0 Å². The maximum absolute atomic E-state index is 12.2. The molecule has 0 saturated carbocycles. The Labute approximate surface area is 118 Å². The van der Waals surface area contributed by atoms with Crippen LogP contribution in [0.2, 0.25) is 5.02 Å². The van der Waals surface area contributed by atoms with Crippen molar-refractivity contribution in [1.82, 2.24) is 4.90 Å². The predicted octanol–water partition coefficient (Wildman–Crippen LogP) is 2.79. The minimum Gasteiger partial charge on any atom is -0.330 e. The van der Waals surface area contributed by atoms with Crippen molar-refractivity contribution in [2.24, 2.45) is 17.6 Å². The van der Waals surface area contributed by atoms with Gasteiger partial charge in [-0.05, 0) is 43.0 Å². The van der Waals surface area contributed by atoms with Crippen LogP contribution in [-0.2, 0) is 0 Å². The summed E-state index contributed by atoms with van der Waals surface area (Å²) in [6, 6.07) is 7.10. The number of carbonyl (C=O) groups excluding carboxylic acids is 1. The highest BCUT2D eigenvalue weighted by molar-refractivity contribution is 6.30. The molecule has 1 heterocycles. The molecule has 0 radical (unpaired) electrons. The first-order valence-electron chi connectivity index (χ1n) is 6.61. The lowest BCUT2D eigenvalue weighted by Crippen LogP contribution is -2.47. The smallest absolute Gasteiger partial charge is 0.321 e. The van der Waals surface area contributed by atoms with E-state index in [0.29, 0.717) is 23.4 Å². The average Bonchev–Trinajstić information content (AvgIpc) is 2.39. The third-order valence-corrected chi connectivity index (χ3v) is 4.01. The summed E-state index contributed by atoms with van der Waals surface area (Å²) in [5.74, 6) is 0.971. The molecule has 2 atom stereocenters. The summed E-state index contributed by atoms with van der Waals surface area (Å²) in [5.41, 5.74) is 6.48. The van der Waals surface area contributed by atoms with Crippen molar-refractivity contribution in [2.75, 3.05) is 25.0 Å². The van der Waals surface area contributed by atoms with E-state index < -0.39 is 0 Å². The van der Waals surface area contributed by atoms with Gasteiger partial charge in [0.1, 0.15) is 0 Å². The molecule has 2 amide bonds. The van der Waals surface area contributed by atoms with Crippen molar-refractivity contribution in [3.05, 3.63) is 29.3 Å². The zero-order valence-electron chi connectivity index (χ0n) is 11.1. The minimum atomic E-state index is -0.0763. The van der Waals surface area contributed by atoms with Crippen molar-refractivity contribution < 1.29 is 4.79 Å². The number of nitrogens with two attached hydrogens (primary N) is 1. The van der Waals surface area contributed by atoms with E-state index in [1.807, 2.05) is 17.0 Å². The lowest BCUT2D eigenvalue weighted by molar-refractivity contribution is 0.149. The summed E-state index contributed by atoms with van der Waals surface area (Å²) in [5, 5.41) is 3.49. The second-order valence-electron chi connectivity index (χ2n) is 5.15. The van der Waals surface area contributed by atoms with E-state index >= 15 is 0 Å². The van der Waals surface area contributed by atoms with Crippen molar-refractivity contribution in [1.29, 1.82) is 0 Å². The van der Waals surface area contributed by atoms with Crippen LogP contribution >= 0.6 is 11.6 Å². The Morgan fingerprint density at radius 2 is 2.37 bits per heavy atom. The highest BCUT2D eigenvalue weighted by atomic mass is 35.5. The van der Waals surface area contributed by atoms with Gasteiger partial charge in [-0.25, -0.2) is 4.79 Å². The topological polar surface area (TPSA) is 58.4 Å². The van der Waals surface area contributed by atoms with Gasteiger partial charge in [0.25, 0.3) is 0 Å². The molecule has 4 nitrogen and oxygen atoms in total. The molecule has 1 aliphatic rings. The molecule has 0 bridgehead atoms. The Hall–Kier alpha value is -1.26. The Balaban J connectivity index is 1.97. The third-order valence-electron chi connectivity index (χ3n) is 3.78. The number of hydrogen-bond acceptors (Lipinski definition) is 2. The summed E-state index contributed by atoms with van der Waals surface area (Å²) < 4.78 is 0. The first-order valence-corrected chi connectivity index (χ1v) is 6.99. The largest absolute Gasteiger partial charge is 0.330 e. The molecule has 2 rings (SSSR count). The van der Waals surface area contributed by atoms with Crippen LogP contribution in [0.4, 0.5) is 10.5 Å². The highest BCUT2D eigenvalue weighted by Gasteiger charge is 2.27. The van der Waals surface area contributed by atoms with Gasteiger partial charge in [0, 0.05) is 23.8 Å². The average molecular weight is 282 g/mol. The number of benzene rings is 1. The fourth-order valence-electron chi connectivity index (χ4n) is 2.41. The van der Waals surface area contributed by atoms with E-state index in [4.69, 9.17) is 17.3 Å². The first kappa shape index (κ1) is 14.2. The van der Waals surface area contributed by atoms with E-state index in [1.54, 1.807) is 12.1 Å². The van der Waals surface area contributed by atoms with E-state index in [0.717, 1.165) is 25.2 Å². The van der Waals surface area contributed by atoms with Crippen LogP contribution in [-0.4, -0.2) is 30.6 Å². The van der Waals surface area contributed by atoms with Crippen molar-refractivity contribution in [2.45, 2.75) is 13.3 Å². The molecule has 5 heteroatoms. The van der Waals surface area contributed by atoms with E-state index in [-0.39, 0.29) is 6.03 Å². The number of nitrogens with zero attached hydrogens (tertiary/aromatic N) is 1. The molecular weight excluding hydrogens is 262 g/mol. The number of hydrogen-bond donors (Lipinski definition) is 2. The van der Waals surface area contributed by atoms with Crippen molar-refractivity contribution in [3.63, 3.8) is 0 Å². The molecule has 0 aliphatic carbocycles. The Kier molecular flexibility index (Phi) is 4.66. The van der Waals surface area contributed by atoms with Gasteiger partial charge in [-0.2, -0.15) is 0 Å². The fraction of sp³-hybridized carbons (Fsp3) is 0.500. The molecule has 1 aromatic rings. The number of nitrogens with one attached hydrogen (secondary N) is 1. The minimum absolute atomic E-state index is 0.0763. The predicted molar refractivity (Wildman–Crippen MR) is 78.4 cm³/mol. The van der Waals surface area contributed by atoms with Crippen LogP contribution < -0.4 is 11.1 Å². The monoisotopic (exact) mass is 281 g/mol. The number of halogens is 1.